The first-order valence-electron chi connectivity index (χ1n) is 7.26. The van der Waals surface area contributed by atoms with E-state index in [0.717, 1.165) is 0 Å². The quantitative estimate of drug-likeness (QED) is 0.517. The van der Waals surface area contributed by atoms with Crippen molar-refractivity contribution in [1.82, 2.24) is 4.98 Å². The second-order valence-corrected chi connectivity index (χ2v) is 11.4. The molecule has 0 unspecified atom stereocenters. The number of pyridine rings is 1. The number of halogens is 2. The molecule has 0 aromatic carbocycles. The lowest BCUT2D eigenvalue weighted by Gasteiger charge is -2.36. The van der Waals surface area contributed by atoms with Crippen molar-refractivity contribution in [3.8, 4) is 5.75 Å². The average molecular weight is 329 g/mol. The first kappa shape index (κ1) is 18.8. The van der Waals surface area contributed by atoms with Crippen molar-refractivity contribution in [3.05, 3.63) is 30.1 Å². The van der Waals surface area contributed by atoms with Crippen LogP contribution in [0, 0.1) is 0 Å². The molecule has 0 atom stereocenters. The highest BCUT2D eigenvalue weighted by molar-refractivity contribution is 6.74. The van der Waals surface area contributed by atoms with Crippen molar-refractivity contribution < 1.29 is 17.9 Å². The molecule has 0 aliphatic heterocycles. The highest BCUT2D eigenvalue weighted by Gasteiger charge is 2.36. The number of alkyl halides is 2. The lowest BCUT2D eigenvalue weighted by Crippen LogP contribution is -2.41. The molecule has 124 valence electrons. The Morgan fingerprint density at radius 2 is 1.95 bits per heavy atom. The molecule has 0 saturated carbocycles. The molecule has 0 spiro atoms. The highest BCUT2D eigenvalue weighted by atomic mass is 28.4. The van der Waals surface area contributed by atoms with Crippen molar-refractivity contribution >= 4 is 14.4 Å². The number of nitrogens with zero attached hydrogens (tertiary/aromatic N) is 1. The second-order valence-electron chi connectivity index (χ2n) is 6.61. The zero-order valence-corrected chi connectivity index (χ0v) is 15.0. The fraction of sp³-hybridized carbons (Fsp3) is 0.562. The van der Waals surface area contributed by atoms with Gasteiger partial charge >= 0.3 is 0 Å². The maximum atomic E-state index is 13.0. The van der Waals surface area contributed by atoms with E-state index in [2.05, 4.69) is 45.4 Å². The van der Waals surface area contributed by atoms with Gasteiger partial charge in [-0.2, -0.15) is 0 Å². The summed E-state index contributed by atoms with van der Waals surface area (Å²) in [5.74, 6) is 0.0967. The van der Waals surface area contributed by atoms with E-state index in [4.69, 9.17) is 9.16 Å². The molecule has 22 heavy (non-hydrogen) atoms. The van der Waals surface area contributed by atoms with Gasteiger partial charge in [-0.25, -0.2) is 8.78 Å². The van der Waals surface area contributed by atoms with Crippen LogP contribution in [0.15, 0.2) is 18.8 Å². The van der Waals surface area contributed by atoms with Gasteiger partial charge in [-0.3, -0.25) is 4.98 Å². The van der Waals surface area contributed by atoms with Gasteiger partial charge in [0.2, 0.25) is 0 Å². The molecule has 0 fully saturated rings. The maximum absolute atomic E-state index is 13.0. The van der Waals surface area contributed by atoms with Gasteiger partial charge < -0.3 is 9.16 Å². The van der Waals surface area contributed by atoms with Crippen LogP contribution < -0.4 is 4.74 Å². The van der Waals surface area contributed by atoms with Crippen molar-refractivity contribution in [2.24, 2.45) is 0 Å². The van der Waals surface area contributed by atoms with E-state index in [-0.39, 0.29) is 23.0 Å². The van der Waals surface area contributed by atoms with Crippen molar-refractivity contribution in [3.63, 3.8) is 0 Å². The Balaban J connectivity index is 2.64. The van der Waals surface area contributed by atoms with Gasteiger partial charge in [0.25, 0.3) is 6.43 Å². The minimum absolute atomic E-state index is 0.0967. The SMILES string of the molecule is C=Cc1cc(C(F)F)c(OCCO[Si](C)(C)C(C)(C)C)cn1. The summed E-state index contributed by atoms with van der Waals surface area (Å²) >= 11 is 0. The fourth-order valence-electron chi connectivity index (χ4n) is 1.54. The van der Waals surface area contributed by atoms with Gasteiger partial charge in [0.05, 0.1) is 24.1 Å². The third kappa shape index (κ3) is 4.88. The Kier molecular flexibility index (Phi) is 6.25. The van der Waals surface area contributed by atoms with Crippen LogP contribution in [0.3, 0.4) is 0 Å². The van der Waals surface area contributed by atoms with Gasteiger partial charge in [-0.15, -0.1) is 0 Å². The Bertz CT molecular complexity index is 513. The molecular formula is C16H25F2NO2Si. The lowest BCUT2D eigenvalue weighted by molar-refractivity contribution is 0.141. The number of aromatic nitrogens is 1. The molecule has 0 amide bonds. The molecule has 1 aromatic rings. The summed E-state index contributed by atoms with van der Waals surface area (Å²) in [5, 5.41) is 0.105. The van der Waals surface area contributed by atoms with Gasteiger partial charge in [0.15, 0.2) is 8.32 Å². The van der Waals surface area contributed by atoms with E-state index in [1.54, 1.807) is 0 Å². The molecule has 3 nitrogen and oxygen atoms in total. The molecule has 1 heterocycles. The summed E-state index contributed by atoms with van der Waals surface area (Å²) in [4.78, 5) is 4.00. The van der Waals surface area contributed by atoms with Gasteiger partial charge in [-0.05, 0) is 30.3 Å². The third-order valence-corrected chi connectivity index (χ3v) is 8.51. The molecule has 0 bridgehead atoms. The molecule has 1 rings (SSSR count). The topological polar surface area (TPSA) is 31.4 Å². The van der Waals surface area contributed by atoms with Crippen molar-refractivity contribution in [1.29, 1.82) is 0 Å². The van der Waals surface area contributed by atoms with E-state index in [1.807, 2.05) is 0 Å². The first-order valence-corrected chi connectivity index (χ1v) is 10.2. The van der Waals surface area contributed by atoms with Crippen LogP contribution in [0.2, 0.25) is 18.1 Å². The van der Waals surface area contributed by atoms with Crippen molar-refractivity contribution in [2.45, 2.75) is 45.3 Å². The Morgan fingerprint density at radius 3 is 2.45 bits per heavy atom. The minimum Gasteiger partial charge on any atom is -0.489 e. The number of hydrogen-bond acceptors (Lipinski definition) is 3. The molecule has 0 N–H and O–H groups in total. The Morgan fingerprint density at radius 1 is 1.32 bits per heavy atom. The predicted octanol–water partition coefficient (Wildman–Crippen LogP) is 5.06. The summed E-state index contributed by atoms with van der Waals surface area (Å²) in [7, 11) is -1.85. The van der Waals surface area contributed by atoms with Crippen LogP contribution in [0.1, 0.15) is 38.5 Å². The first-order chi connectivity index (χ1) is 10.1. The number of rotatable bonds is 7. The van der Waals surface area contributed by atoms with Crippen molar-refractivity contribution in [2.75, 3.05) is 13.2 Å². The monoisotopic (exact) mass is 329 g/mol. The van der Waals surface area contributed by atoms with Crippen LogP contribution in [0.4, 0.5) is 8.78 Å². The van der Waals surface area contributed by atoms with E-state index in [1.165, 1.54) is 18.3 Å². The Hall–Kier alpha value is -1.27. The van der Waals surface area contributed by atoms with E-state index < -0.39 is 14.7 Å². The normalized spacial score (nSPS) is 12.5. The van der Waals surface area contributed by atoms with Gasteiger partial charge in [-0.1, -0.05) is 27.4 Å². The third-order valence-electron chi connectivity index (χ3n) is 3.97. The molecule has 0 radical (unpaired) electrons. The fourth-order valence-corrected chi connectivity index (χ4v) is 2.57. The summed E-state index contributed by atoms with van der Waals surface area (Å²) in [6.07, 6.45) is 0.124. The zero-order chi connectivity index (χ0) is 17.0. The summed E-state index contributed by atoms with van der Waals surface area (Å²) in [6.45, 7) is 14.8. The summed E-state index contributed by atoms with van der Waals surface area (Å²) < 4.78 is 37.4. The minimum atomic E-state index is -2.61. The van der Waals surface area contributed by atoms with E-state index in [0.29, 0.717) is 12.3 Å². The van der Waals surface area contributed by atoms with Crippen LogP contribution in [-0.2, 0) is 4.43 Å². The van der Waals surface area contributed by atoms with E-state index >= 15 is 0 Å². The molecular weight excluding hydrogens is 304 g/mol. The summed E-state index contributed by atoms with van der Waals surface area (Å²) in [6, 6.07) is 1.29. The summed E-state index contributed by atoms with van der Waals surface area (Å²) in [5.41, 5.74) is 0.234. The predicted molar refractivity (Wildman–Crippen MR) is 87.9 cm³/mol. The molecule has 0 aliphatic rings. The zero-order valence-electron chi connectivity index (χ0n) is 14.0. The molecule has 0 aliphatic carbocycles. The molecule has 1 aromatic heterocycles. The largest absolute Gasteiger partial charge is 0.489 e. The number of hydrogen-bond donors (Lipinski definition) is 0. The van der Waals surface area contributed by atoms with Crippen LogP contribution >= 0.6 is 0 Å². The van der Waals surface area contributed by atoms with Crippen LogP contribution in [0.25, 0.3) is 6.08 Å². The smallest absolute Gasteiger partial charge is 0.267 e. The van der Waals surface area contributed by atoms with Crippen LogP contribution in [-0.4, -0.2) is 26.5 Å². The van der Waals surface area contributed by atoms with Gasteiger partial charge in [0, 0.05) is 0 Å². The molecule has 6 heteroatoms. The Labute approximate surface area is 132 Å². The number of ether oxygens (including phenoxy) is 1. The van der Waals surface area contributed by atoms with Gasteiger partial charge in [0.1, 0.15) is 12.4 Å². The highest BCUT2D eigenvalue weighted by Crippen LogP contribution is 2.36. The van der Waals surface area contributed by atoms with E-state index in [9.17, 15) is 8.78 Å². The molecule has 0 saturated heterocycles. The maximum Gasteiger partial charge on any atom is 0.267 e. The average Bonchev–Trinajstić information content (AvgIpc) is 2.42. The van der Waals surface area contributed by atoms with Crippen LogP contribution in [0.5, 0.6) is 5.75 Å². The lowest BCUT2D eigenvalue weighted by atomic mass is 10.2. The standard InChI is InChI=1S/C16H25F2NO2Si/c1-7-12-10-13(15(17)18)14(11-19-12)20-8-9-21-22(5,6)16(2,3)4/h7,10-11,15H,1,8-9H2,2-6H3. The second kappa shape index (κ2) is 7.33.